The Morgan fingerprint density at radius 2 is 1.78 bits per heavy atom. The van der Waals surface area contributed by atoms with Gasteiger partial charge in [0, 0.05) is 0 Å². The second-order valence-corrected chi connectivity index (χ2v) is 5.36. The molecule has 0 bridgehead atoms. The summed E-state index contributed by atoms with van der Waals surface area (Å²) in [6.07, 6.45) is 0.397. The maximum absolute atomic E-state index is 9.98. The van der Waals surface area contributed by atoms with Crippen molar-refractivity contribution in [3.8, 4) is 5.75 Å². The highest BCUT2D eigenvalue weighted by Gasteiger charge is 2.14. The summed E-state index contributed by atoms with van der Waals surface area (Å²) in [5.41, 5.74) is 0.619. The number of ether oxygens (including phenoxy) is 2. The first kappa shape index (κ1) is 15.0. The van der Waals surface area contributed by atoms with E-state index in [4.69, 9.17) is 9.47 Å². The van der Waals surface area contributed by atoms with E-state index in [1.807, 2.05) is 45.0 Å². The highest BCUT2D eigenvalue weighted by Crippen LogP contribution is 2.20. The van der Waals surface area contributed by atoms with Crippen LogP contribution < -0.4 is 4.74 Å². The monoisotopic (exact) mass is 252 g/mol. The molecule has 1 N–H and O–H groups in total. The molecule has 0 aliphatic heterocycles. The van der Waals surface area contributed by atoms with Crippen LogP contribution in [0.25, 0.3) is 0 Å². The largest absolute Gasteiger partial charge is 0.494 e. The average Bonchev–Trinajstić information content (AvgIpc) is 2.33. The first-order chi connectivity index (χ1) is 8.42. The molecule has 0 aromatic heterocycles. The lowest BCUT2D eigenvalue weighted by atomic mass is 10.1. The van der Waals surface area contributed by atoms with Gasteiger partial charge >= 0.3 is 0 Å². The fourth-order valence-corrected chi connectivity index (χ4v) is 1.43. The molecule has 1 aromatic rings. The molecule has 3 heteroatoms. The third kappa shape index (κ3) is 5.52. The minimum Gasteiger partial charge on any atom is -0.494 e. The van der Waals surface area contributed by atoms with E-state index in [0.29, 0.717) is 6.61 Å². The molecule has 1 rings (SSSR count). The van der Waals surface area contributed by atoms with E-state index in [9.17, 15) is 5.11 Å². The number of rotatable bonds is 6. The van der Waals surface area contributed by atoms with Crippen LogP contribution in [0, 0.1) is 0 Å². The maximum atomic E-state index is 9.98. The van der Waals surface area contributed by atoms with Gasteiger partial charge < -0.3 is 14.6 Å². The molecule has 0 heterocycles. The van der Waals surface area contributed by atoms with Crippen LogP contribution in [0.2, 0.25) is 0 Å². The van der Waals surface area contributed by atoms with E-state index < -0.39 is 6.10 Å². The standard InChI is InChI=1S/C15H24O3/c1-5-10-17-13-8-6-12(7-9-13)14(16)11-18-15(2,3)4/h6-9,14,16H,5,10-11H2,1-4H3. The lowest BCUT2D eigenvalue weighted by molar-refractivity contribution is -0.0496. The Bertz CT molecular complexity index is 338. The summed E-state index contributed by atoms with van der Waals surface area (Å²) in [5.74, 6) is 0.838. The first-order valence-electron chi connectivity index (χ1n) is 6.47. The molecule has 0 saturated carbocycles. The summed E-state index contributed by atoms with van der Waals surface area (Å²) in [6, 6.07) is 7.51. The van der Waals surface area contributed by atoms with Gasteiger partial charge in [0.1, 0.15) is 11.9 Å². The highest BCUT2D eigenvalue weighted by molar-refractivity contribution is 5.28. The van der Waals surface area contributed by atoms with E-state index in [0.717, 1.165) is 24.3 Å². The summed E-state index contributed by atoms with van der Waals surface area (Å²) in [7, 11) is 0. The molecule has 102 valence electrons. The van der Waals surface area contributed by atoms with Crippen LogP contribution in [0.4, 0.5) is 0 Å². The van der Waals surface area contributed by atoms with E-state index in [1.54, 1.807) is 0 Å². The summed E-state index contributed by atoms with van der Waals surface area (Å²) in [4.78, 5) is 0. The van der Waals surface area contributed by atoms with Crippen LogP contribution in [0.15, 0.2) is 24.3 Å². The highest BCUT2D eigenvalue weighted by atomic mass is 16.5. The predicted octanol–water partition coefficient (Wildman–Crippen LogP) is 3.32. The molecule has 3 nitrogen and oxygen atoms in total. The number of aliphatic hydroxyl groups is 1. The zero-order chi connectivity index (χ0) is 13.6. The van der Waals surface area contributed by atoms with Crippen molar-refractivity contribution in [3.05, 3.63) is 29.8 Å². The van der Waals surface area contributed by atoms with Gasteiger partial charge in [-0.1, -0.05) is 19.1 Å². The molecule has 0 aliphatic rings. The average molecular weight is 252 g/mol. The number of benzene rings is 1. The lowest BCUT2D eigenvalue weighted by Crippen LogP contribution is -2.22. The van der Waals surface area contributed by atoms with Crippen molar-refractivity contribution in [2.45, 2.75) is 45.8 Å². The first-order valence-corrected chi connectivity index (χ1v) is 6.47. The van der Waals surface area contributed by atoms with Gasteiger partial charge in [-0.3, -0.25) is 0 Å². The third-order valence-corrected chi connectivity index (χ3v) is 2.41. The zero-order valence-electron chi connectivity index (χ0n) is 11.8. The minimum absolute atomic E-state index is 0.231. The fourth-order valence-electron chi connectivity index (χ4n) is 1.43. The van der Waals surface area contributed by atoms with Gasteiger partial charge in [-0.05, 0) is 44.9 Å². The molecular weight excluding hydrogens is 228 g/mol. The Labute approximate surface area is 110 Å². The van der Waals surface area contributed by atoms with E-state index in [1.165, 1.54) is 0 Å². The SMILES string of the molecule is CCCOc1ccc(C(O)COC(C)(C)C)cc1. The van der Waals surface area contributed by atoms with E-state index >= 15 is 0 Å². The van der Waals surface area contributed by atoms with Crippen molar-refractivity contribution in [1.82, 2.24) is 0 Å². The number of hydrogen-bond donors (Lipinski definition) is 1. The quantitative estimate of drug-likeness (QED) is 0.844. The van der Waals surface area contributed by atoms with E-state index in [-0.39, 0.29) is 5.60 Å². The minimum atomic E-state index is -0.593. The van der Waals surface area contributed by atoms with Crippen molar-refractivity contribution in [1.29, 1.82) is 0 Å². The Morgan fingerprint density at radius 3 is 2.28 bits per heavy atom. The molecule has 1 unspecified atom stereocenters. The van der Waals surface area contributed by atoms with E-state index in [2.05, 4.69) is 6.92 Å². The normalized spacial score (nSPS) is 13.4. The van der Waals surface area contributed by atoms with Gasteiger partial charge in [-0.25, -0.2) is 0 Å². The zero-order valence-corrected chi connectivity index (χ0v) is 11.8. The second-order valence-electron chi connectivity index (χ2n) is 5.36. The molecule has 0 spiro atoms. The molecule has 1 atom stereocenters. The lowest BCUT2D eigenvalue weighted by Gasteiger charge is -2.22. The molecule has 0 aliphatic carbocycles. The Hall–Kier alpha value is -1.06. The Balaban J connectivity index is 2.51. The van der Waals surface area contributed by atoms with Gasteiger partial charge in [0.2, 0.25) is 0 Å². The van der Waals surface area contributed by atoms with Crippen molar-refractivity contribution < 1.29 is 14.6 Å². The molecular formula is C15H24O3. The fraction of sp³-hybridized carbons (Fsp3) is 0.600. The van der Waals surface area contributed by atoms with Crippen molar-refractivity contribution in [3.63, 3.8) is 0 Å². The summed E-state index contributed by atoms with van der Waals surface area (Å²) >= 11 is 0. The predicted molar refractivity (Wildman–Crippen MR) is 72.9 cm³/mol. The van der Waals surface area contributed by atoms with Crippen molar-refractivity contribution >= 4 is 0 Å². The van der Waals surface area contributed by atoms with Gasteiger partial charge in [0.25, 0.3) is 0 Å². The van der Waals surface area contributed by atoms with Crippen LogP contribution in [0.3, 0.4) is 0 Å². The molecule has 0 radical (unpaired) electrons. The summed E-state index contributed by atoms with van der Waals surface area (Å²) in [5, 5.41) is 9.98. The molecule has 0 saturated heterocycles. The Morgan fingerprint density at radius 1 is 1.17 bits per heavy atom. The van der Waals surface area contributed by atoms with Crippen LogP contribution in [0.1, 0.15) is 45.8 Å². The molecule has 0 amide bonds. The summed E-state index contributed by atoms with van der Waals surface area (Å²) < 4.78 is 11.1. The van der Waals surface area contributed by atoms with Crippen LogP contribution in [0.5, 0.6) is 5.75 Å². The van der Waals surface area contributed by atoms with Crippen molar-refractivity contribution in [2.75, 3.05) is 13.2 Å². The van der Waals surface area contributed by atoms with Crippen LogP contribution in [-0.2, 0) is 4.74 Å². The Kier molecular flexibility index (Phi) is 5.63. The molecule has 0 fully saturated rings. The third-order valence-electron chi connectivity index (χ3n) is 2.41. The van der Waals surface area contributed by atoms with Gasteiger partial charge in [-0.2, -0.15) is 0 Å². The van der Waals surface area contributed by atoms with Crippen LogP contribution >= 0.6 is 0 Å². The number of aliphatic hydroxyl groups excluding tert-OH is 1. The van der Waals surface area contributed by atoms with Gasteiger partial charge in [-0.15, -0.1) is 0 Å². The van der Waals surface area contributed by atoms with Crippen molar-refractivity contribution in [2.24, 2.45) is 0 Å². The van der Waals surface area contributed by atoms with Crippen LogP contribution in [-0.4, -0.2) is 23.9 Å². The number of hydrogen-bond acceptors (Lipinski definition) is 3. The molecule has 1 aromatic carbocycles. The maximum Gasteiger partial charge on any atom is 0.119 e. The van der Waals surface area contributed by atoms with Gasteiger partial charge in [0.15, 0.2) is 0 Å². The molecule has 18 heavy (non-hydrogen) atoms. The second kappa shape index (κ2) is 6.76. The summed E-state index contributed by atoms with van der Waals surface area (Å²) in [6.45, 7) is 9.01. The topological polar surface area (TPSA) is 38.7 Å². The smallest absolute Gasteiger partial charge is 0.119 e. The van der Waals surface area contributed by atoms with Gasteiger partial charge in [0.05, 0.1) is 18.8 Å².